The summed E-state index contributed by atoms with van der Waals surface area (Å²) in [5.74, 6) is -1.59. The van der Waals surface area contributed by atoms with Gasteiger partial charge in [-0.05, 0) is 24.3 Å². The highest BCUT2D eigenvalue weighted by atomic mass is 19.1. The van der Waals surface area contributed by atoms with E-state index in [1.807, 2.05) is 0 Å². The van der Waals surface area contributed by atoms with Crippen molar-refractivity contribution in [2.45, 2.75) is 0 Å². The molecule has 0 bridgehead atoms. The fourth-order valence-corrected chi connectivity index (χ4v) is 1.37. The number of ether oxygens (including phenoxy) is 1. The van der Waals surface area contributed by atoms with E-state index < -0.39 is 11.9 Å². The molecular formula is C12H9FN2O2. The third-order valence-corrected chi connectivity index (χ3v) is 2.21. The van der Waals surface area contributed by atoms with E-state index in [2.05, 4.69) is 14.7 Å². The van der Waals surface area contributed by atoms with E-state index in [9.17, 15) is 9.18 Å². The van der Waals surface area contributed by atoms with Crippen LogP contribution in [0.3, 0.4) is 0 Å². The fraction of sp³-hybridized carbons (Fsp3) is 0.0833. The number of methoxy groups -OCH3 is 1. The van der Waals surface area contributed by atoms with Crippen LogP contribution in [-0.2, 0) is 4.74 Å². The van der Waals surface area contributed by atoms with Gasteiger partial charge >= 0.3 is 5.97 Å². The lowest BCUT2D eigenvalue weighted by Crippen LogP contribution is -2.06. The number of halogens is 1. The van der Waals surface area contributed by atoms with Gasteiger partial charge in [0.15, 0.2) is 0 Å². The Labute approximate surface area is 97.1 Å². The Hall–Kier alpha value is -2.30. The van der Waals surface area contributed by atoms with Gasteiger partial charge in [0, 0.05) is 18.0 Å². The number of nitrogens with zero attached hydrogens (tertiary/aromatic N) is 2. The molecule has 4 nitrogen and oxygen atoms in total. The third kappa shape index (κ3) is 2.28. The molecule has 0 radical (unpaired) electrons. The molecule has 0 saturated heterocycles. The van der Waals surface area contributed by atoms with Crippen LogP contribution in [0.25, 0.3) is 11.3 Å². The maximum atomic E-state index is 13.5. The van der Waals surface area contributed by atoms with Crippen LogP contribution in [0.4, 0.5) is 4.39 Å². The molecule has 2 rings (SSSR count). The number of pyridine rings is 2. The number of aromatic nitrogens is 2. The minimum atomic E-state index is -0.849. The van der Waals surface area contributed by atoms with E-state index in [1.54, 1.807) is 30.6 Å². The first kappa shape index (κ1) is 11.2. The molecule has 0 unspecified atom stereocenters. The van der Waals surface area contributed by atoms with Gasteiger partial charge in [-0.3, -0.25) is 4.98 Å². The van der Waals surface area contributed by atoms with Gasteiger partial charge in [-0.1, -0.05) is 0 Å². The van der Waals surface area contributed by atoms with E-state index in [-0.39, 0.29) is 5.56 Å². The number of esters is 1. The van der Waals surface area contributed by atoms with Crippen LogP contribution in [0.1, 0.15) is 10.4 Å². The zero-order valence-electron chi connectivity index (χ0n) is 9.05. The summed E-state index contributed by atoms with van der Waals surface area (Å²) in [6, 6.07) is 6.37. The summed E-state index contributed by atoms with van der Waals surface area (Å²) < 4.78 is 18.0. The lowest BCUT2D eigenvalue weighted by Gasteiger charge is -2.03. The second-order valence-electron chi connectivity index (χ2n) is 3.27. The molecule has 17 heavy (non-hydrogen) atoms. The highest BCUT2D eigenvalue weighted by Gasteiger charge is 2.14. The quantitative estimate of drug-likeness (QED) is 0.587. The molecule has 2 heterocycles. The zero-order chi connectivity index (χ0) is 12.3. The largest absolute Gasteiger partial charge is 0.465 e. The number of hydrogen-bond acceptors (Lipinski definition) is 4. The van der Waals surface area contributed by atoms with Gasteiger partial charge in [0.05, 0.1) is 12.8 Å². The Balaban J connectivity index is 2.41. The van der Waals surface area contributed by atoms with Crippen molar-refractivity contribution in [3.63, 3.8) is 0 Å². The normalized spacial score (nSPS) is 10.0. The number of rotatable bonds is 2. The van der Waals surface area contributed by atoms with E-state index in [1.165, 1.54) is 13.2 Å². The SMILES string of the molecule is COC(=O)c1ccc(-c2cccnc2)nc1F. The Morgan fingerprint density at radius 1 is 1.35 bits per heavy atom. The minimum Gasteiger partial charge on any atom is -0.465 e. The highest BCUT2D eigenvalue weighted by Crippen LogP contribution is 2.17. The van der Waals surface area contributed by atoms with Crippen LogP contribution in [-0.4, -0.2) is 23.0 Å². The van der Waals surface area contributed by atoms with Crippen LogP contribution >= 0.6 is 0 Å². The average Bonchev–Trinajstić information content (AvgIpc) is 2.39. The van der Waals surface area contributed by atoms with Gasteiger partial charge in [-0.15, -0.1) is 0 Å². The molecule has 0 aromatic carbocycles. The predicted molar refractivity (Wildman–Crippen MR) is 58.8 cm³/mol. The Bertz CT molecular complexity index is 543. The number of hydrogen-bond donors (Lipinski definition) is 0. The topological polar surface area (TPSA) is 52.1 Å². The van der Waals surface area contributed by atoms with Crippen molar-refractivity contribution in [2.24, 2.45) is 0 Å². The molecule has 0 spiro atoms. The predicted octanol–water partition coefficient (Wildman–Crippen LogP) is 2.07. The van der Waals surface area contributed by atoms with Gasteiger partial charge in [0.25, 0.3) is 0 Å². The van der Waals surface area contributed by atoms with Crippen LogP contribution in [0.15, 0.2) is 36.7 Å². The minimum absolute atomic E-state index is 0.180. The summed E-state index contributed by atoms with van der Waals surface area (Å²) in [6.07, 6.45) is 3.18. The van der Waals surface area contributed by atoms with Gasteiger partial charge in [0.2, 0.25) is 5.95 Å². The van der Waals surface area contributed by atoms with Gasteiger partial charge in [-0.2, -0.15) is 4.39 Å². The zero-order valence-corrected chi connectivity index (χ0v) is 9.05. The molecule has 0 N–H and O–H groups in total. The molecule has 2 aromatic rings. The van der Waals surface area contributed by atoms with Crippen molar-refractivity contribution in [3.8, 4) is 11.3 Å². The molecule has 0 amide bonds. The first-order valence-corrected chi connectivity index (χ1v) is 4.87. The first-order valence-electron chi connectivity index (χ1n) is 4.87. The summed E-state index contributed by atoms with van der Waals surface area (Å²) in [4.78, 5) is 18.8. The maximum Gasteiger partial charge on any atom is 0.342 e. The van der Waals surface area contributed by atoms with Crippen molar-refractivity contribution in [2.75, 3.05) is 7.11 Å². The Morgan fingerprint density at radius 3 is 2.76 bits per heavy atom. The summed E-state index contributed by atoms with van der Waals surface area (Å²) >= 11 is 0. The van der Waals surface area contributed by atoms with Crippen molar-refractivity contribution >= 4 is 5.97 Å². The number of carbonyl (C=O) groups excluding carboxylic acids is 1. The van der Waals surface area contributed by atoms with Gasteiger partial charge in [-0.25, -0.2) is 9.78 Å². The lowest BCUT2D eigenvalue weighted by atomic mass is 10.1. The highest BCUT2D eigenvalue weighted by molar-refractivity contribution is 5.89. The summed E-state index contributed by atoms with van der Waals surface area (Å²) in [5.41, 5.74) is 0.922. The molecular weight excluding hydrogens is 223 g/mol. The summed E-state index contributed by atoms with van der Waals surface area (Å²) in [6.45, 7) is 0. The second-order valence-corrected chi connectivity index (χ2v) is 3.27. The molecule has 0 aliphatic carbocycles. The molecule has 2 aromatic heterocycles. The van der Waals surface area contributed by atoms with Crippen molar-refractivity contribution in [3.05, 3.63) is 48.2 Å². The molecule has 0 atom stereocenters. The smallest absolute Gasteiger partial charge is 0.342 e. The summed E-state index contributed by atoms with van der Waals surface area (Å²) in [7, 11) is 1.19. The molecule has 0 aliphatic heterocycles. The third-order valence-electron chi connectivity index (χ3n) is 2.21. The van der Waals surface area contributed by atoms with E-state index in [0.717, 1.165) is 0 Å². The standard InChI is InChI=1S/C12H9FN2O2/c1-17-12(16)9-4-5-10(15-11(9)13)8-3-2-6-14-7-8/h2-7H,1H3. The first-order chi connectivity index (χ1) is 8.22. The Kier molecular flexibility index (Phi) is 3.09. The van der Waals surface area contributed by atoms with Crippen molar-refractivity contribution < 1.29 is 13.9 Å². The molecule has 0 aliphatic rings. The molecule has 0 fully saturated rings. The van der Waals surface area contributed by atoms with Crippen LogP contribution < -0.4 is 0 Å². The number of carbonyl (C=O) groups is 1. The molecule has 0 saturated carbocycles. The lowest BCUT2D eigenvalue weighted by molar-refractivity contribution is 0.0594. The maximum absolute atomic E-state index is 13.5. The van der Waals surface area contributed by atoms with E-state index >= 15 is 0 Å². The van der Waals surface area contributed by atoms with Crippen molar-refractivity contribution in [1.82, 2.24) is 9.97 Å². The van der Waals surface area contributed by atoms with Crippen LogP contribution in [0.2, 0.25) is 0 Å². The Morgan fingerprint density at radius 2 is 2.18 bits per heavy atom. The average molecular weight is 232 g/mol. The molecule has 86 valence electrons. The van der Waals surface area contributed by atoms with Crippen molar-refractivity contribution in [1.29, 1.82) is 0 Å². The summed E-state index contributed by atoms with van der Waals surface area (Å²) in [5, 5.41) is 0. The second kappa shape index (κ2) is 4.69. The fourth-order valence-electron chi connectivity index (χ4n) is 1.37. The van der Waals surface area contributed by atoms with Crippen LogP contribution in [0, 0.1) is 5.95 Å². The monoisotopic (exact) mass is 232 g/mol. The van der Waals surface area contributed by atoms with E-state index in [4.69, 9.17) is 0 Å². The van der Waals surface area contributed by atoms with Crippen LogP contribution in [0.5, 0.6) is 0 Å². The van der Waals surface area contributed by atoms with Gasteiger partial charge in [0.1, 0.15) is 5.56 Å². The van der Waals surface area contributed by atoms with Gasteiger partial charge < -0.3 is 4.74 Å². The van der Waals surface area contributed by atoms with E-state index in [0.29, 0.717) is 11.3 Å². The molecule has 5 heteroatoms.